The Kier molecular flexibility index (Phi) is 2.61. The molecule has 0 N–H and O–H groups in total. The van der Waals surface area contributed by atoms with E-state index < -0.39 is 0 Å². The molecule has 0 saturated carbocycles. The van der Waals surface area contributed by atoms with Gasteiger partial charge in [-0.15, -0.1) is 0 Å². The summed E-state index contributed by atoms with van der Waals surface area (Å²) >= 11 is 0. The molecular formula is C10H10N2O2. The van der Waals surface area contributed by atoms with Crippen molar-refractivity contribution in [3.8, 4) is 11.8 Å². The van der Waals surface area contributed by atoms with E-state index in [0.29, 0.717) is 18.1 Å². The zero-order valence-electron chi connectivity index (χ0n) is 7.64. The Bertz CT molecular complexity index is 336. The van der Waals surface area contributed by atoms with Crippen molar-refractivity contribution in [3.05, 3.63) is 24.0 Å². The topological polar surface area (TPSA) is 55.1 Å². The number of nitrogens with zero attached hydrogens (tertiary/aromatic N) is 2. The van der Waals surface area contributed by atoms with Gasteiger partial charge in [0.15, 0.2) is 0 Å². The monoisotopic (exact) mass is 190 g/mol. The number of rotatable bonds is 2. The summed E-state index contributed by atoms with van der Waals surface area (Å²) in [5.41, 5.74) is 0.403. The molecule has 14 heavy (non-hydrogen) atoms. The van der Waals surface area contributed by atoms with Gasteiger partial charge in [0, 0.05) is 6.42 Å². The zero-order chi connectivity index (χ0) is 9.80. The lowest BCUT2D eigenvalue weighted by Gasteiger charge is -2.10. The van der Waals surface area contributed by atoms with Crippen LogP contribution in [0.5, 0.6) is 5.75 Å². The Morgan fingerprint density at radius 3 is 3.07 bits per heavy atom. The third-order valence-electron chi connectivity index (χ3n) is 2.04. The normalized spacial score (nSPS) is 20.4. The van der Waals surface area contributed by atoms with Crippen molar-refractivity contribution in [1.82, 2.24) is 4.98 Å². The molecule has 0 amide bonds. The summed E-state index contributed by atoms with van der Waals surface area (Å²) in [4.78, 5) is 3.91. The van der Waals surface area contributed by atoms with E-state index in [0.717, 1.165) is 13.0 Å². The van der Waals surface area contributed by atoms with Crippen LogP contribution in [0.3, 0.4) is 0 Å². The second-order valence-corrected chi connectivity index (χ2v) is 3.09. The summed E-state index contributed by atoms with van der Waals surface area (Å²) in [7, 11) is 0. The first-order chi connectivity index (χ1) is 6.88. The van der Waals surface area contributed by atoms with Gasteiger partial charge < -0.3 is 9.47 Å². The number of nitriles is 1. The fourth-order valence-electron chi connectivity index (χ4n) is 1.31. The van der Waals surface area contributed by atoms with Crippen molar-refractivity contribution in [1.29, 1.82) is 5.26 Å². The van der Waals surface area contributed by atoms with Crippen LogP contribution in [0.4, 0.5) is 0 Å². The molecule has 1 aliphatic heterocycles. The van der Waals surface area contributed by atoms with E-state index in [4.69, 9.17) is 14.7 Å². The molecule has 0 aliphatic carbocycles. The smallest absolute Gasteiger partial charge is 0.140 e. The van der Waals surface area contributed by atoms with Gasteiger partial charge in [-0.25, -0.2) is 4.98 Å². The van der Waals surface area contributed by atoms with Crippen molar-refractivity contribution < 1.29 is 9.47 Å². The Hall–Kier alpha value is -1.60. The van der Waals surface area contributed by atoms with Gasteiger partial charge in [0.05, 0.1) is 19.4 Å². The fraction of sp³-hybridized carbons (Fsp3) is 0.400. The van der Waals surface area contributed by atoms with Crippen LogP contribution >= 0.6 is 0 Å². The van der Waals surface area contributed by atoms with Crippen molar-refractivity contribution in [3.63, 3.8) is 0 Å². The van der Waals surface area contributed by atoms with Gasteiger partial charge in [-0.05, 0) is 12.1 Å². The van der Waals surface area contributed by atoms with Gasteiger partial charge in [0.2, 0.25) is 0 Å². The minimum absolute atomic E-state index is 0.129. The third-order valence-corrected chi connectivity index (χ3v) is 2.04. The van der Waals surface area contributed by atoms with E-state index >= 15 is 0 Å². The lowest BCUT2D eigenvalue weighted by molar-refractivity contribution is 0.141. The molecule has 1 atom stereocenters. The maximum Gasteiger partial charge on any atom is 0.140 e. The van der Waals surface area contributed by atoms with Crippen LogP contribution in [0.25, 0.3) is 0 Å². The molecule has 0 radical (unpaired) electrons. The first-order valence-electron chi connectivity index (χ1n) is 4.49. The lowest BCUT2D eigenvalue weighted by Crippen LogP contribution is -2.15. The van der Waals surface area contributed by atoms with Crippen LogP contribution in [0.15, 0.2) is 18.3 Å². The molecule has 1 aromatic rings. The first-order valence-corrected chi connectivity index (χ1v) is 4.49. The van der Waals surface area contributed by atoms with Crippen molar-refractivity contribution in [2.24, 2.45) is 0 Å². The summed E-state index contributed by atoms with van der Waals surface area (Å²) in [6.45, 7) is 1.40. The highest BCUT2D eigenvalue weighted by Gasteiger charge is 2.16. The van der Waals surface area contributed by atoms with Crippen LogP contribution in [0.1, 0.15) is 12.1 Å². The molecule has 0 bridgehead atoms. The highest BCUT2D eigenvalue weighted by Crippen LogP contribution is 2.15. The molecule has 1 saturated heterocycles. The molecule has 4 nitrogen and oxygen atoms in total. The minimum Gasteiger partial charge on any atom is -0.486 e. The van der Waals surface area contributed by atoms with E-state index in [-0.39, 0.29) is 6.10 Å². The molecule has 0 spiro atoms. The SMILES string of the molecule is N#Cc1ccc(O[C@H]2CCOC2)cn1. The standard InChI is InChI=1S/C10H10N2O2/c11-5-8-1-2-9(6-12-8)14-10-3-4-13-7-10/h1-2,6,10H,3-4,7H2/t10-/m0/s1. The van der Waals surface area contributed by atoms with E-state index in [2.05, 4.69) is 4.98 Å². The Labute approximate surface area is 82.1 Å². The lowest BCUT2D eigenvalue weighted by atomic mass is 10.3. The van der Waals surface area contributed by atoms with Crippen molar-refractivity contribution in [2.45, 2.75) is 12.5 Å². The fourth-order valence-corrected chi connectivity index (χ4v) is 1.31. The third kappa shape index (κ3) is 2.01. The second kappa shape index (κ2) is 4.07. The van der Waals surface area contributed by atoms with Gasteiger partial charge >= 0.3 is 0 Å². The van der Waals surface area contributed by atoms with E-state index in [1.165, 1.54) is 0 Å². The number of ether oxygens (including phenoxy) is 2. The molecule has 1 fully saturated rings. The molecule has 1 aromatic heterocycles. The first kappa shape index (κ1) is 8.97. The number of pyridine rings is 1. The largest absolute Gasteiger partial charge is 0.486 e. The van der Waals surface area contributed by atoms with Crippen LogP contribution in [-0.4, -0.2) is 24.3 Å². The average Bonchev–Trinajstić information content (AvgIpc) is 2.72. The molecule has 0 aromatic carbocycles. The predicted octanol–water partition coefficient (Wildman–Crippen LogP) is 1.12. The van der Waals surface area contributed by atoms with E-state index in [1.54, 1.807) is 18.3 Å². The summed E-state index contributed by atoms with van der Waals surface area (Å²) in [5, 5.41) is 8.54. The molecule has 2 rings (SSSR count). The van der Waals surface area contributed by atoms with Gasteiger partial charge in [-0.2, -0.15) is 5.26 Å². The van der Waals surface area contributed by atoms with Gasteiger partial charge in [-0.3, -0.25) is 0 Å². The van der Waals surface area contributed by atoms with Crippen molar-refractivity contribution >= 4 is 0 Å². The summed E-state index contributed by atoms with van der Waals surface area (Å²) in [5.74, 6) is 0.694. The maximum absolute atomic E-state index is 8.54. The molecule has 1 aliphatic rings. The Morgan fingerprint density at radius 1 is 1.57 bits per heavy atom. The minimum atomic E-state index is 0.129. The maximum atomic E-state index is 8.54. The molecular weight excluding hydrogens is 180 g/mol. The highest BCUT2D eigenvalue weighted by molar-refractivity contribution is 5.26. The predicted molar refractivity (Wildman–Crippen MR) is 48.8 cm³/mol. The Morgan fingerprint density at radius 2 is 2.50 bits per heavy atom. The molecule has 2 heterocycles. The molecule has 0 unspecified atom stereocenters. The van der Waals surface area contributed by atoms with Crippen LogP contribution in [0.2, 0.25) is 0 Å². The van der Waals surface area contributed by atoms with Crippen molar-refractivity contribution in [2.75, 3.05) is 13.2 Å². The number of aromatic nitrogens is 1. The molecule has 4 heteroatoms. The van der Waals surface area contributed by atoms with E-state index in [9.17, 15) is 0 Å². The van der Waals surface area contributed by atoms with Crippen LogP contribution in [0, 0.1) is 11.3 Å². The van der Waals surface area contributed by atoms with Gasteiger partial charge in [-0.1, -0.05) is 0 Å². The molecule has 72 valence electrons. The number of hydrogen-bond donors (Lipinski definition) is 0. The van der Waals surface area contributed by atoms with Gasteiger partial charge in [0.1, 0.15) is 23.6 Å². The quantitative estimate of drug-likeness (QED) is 0.701. The van der Waals surface area contributed by atoms with E-state index in [1.807, 2.05) is 6.07 Å². The van der Waals surface area contributed by atoms with Gasteiger partial charge in [0.25, 0.3) is 0 Å². The number of hydrogen-bond acceptors (Lipinski definition) is 4. The summed E-state index contributed by atoms with van der Waals surface area (Å²) in [6.07, 6.45) is 2.61. The summed E-state index contributed by atoms with van der Waals surface area (Å²) < 4.78 is 10.8. The Balaban J connectivity index is 1.99. The summed E-state index contributed by atoms with van der Waals surface area (Å²) in [6, 6.07) is 5.35. The van der Waals surface area contributed by atoms with Crippen LogP contribution in [-0.2, 0) is 4.74 Å². The second-order valence-electron chi connectivity index (χ2n) is 3.09. The zero-order valence-corrected chi connectivity index (χ0v) is 7.64. The van der Waals surface area contributed by atoms with Crippen LogP contribution < -0.4 is 4.74 Å². The average molecular weight is 190 g/mol. The highest BCUT2D eigenvalue weighted by atomic mass is 16.5.